The summed E-state index contributed by atoms with van der Waals surface area (Å²) in [6.07, 6.45) is 1.36. The van der Waals surface area contributed by atoms with Crippen molar-refractivity contribution < 1.29 is 24.1 Å². The van der Waals surface area contributed by atoms with Gasteiger partial charge in [-0.25, -0.2) is 0 Å². The van der Waals surface area contributed by atoms with Crippen LogP contribution in [0, 0.1) is 38.5 Å². The lowest BCUT2D eigenvalue weighted by Crippen LogP contribution is -2.14. The van der Waals surface area contributed by atoms with Crippen LogP contribution in [-0.2, 0) is 4.79 Å². The first-order valence-electron chi connectivity index (χ1n) is 10.0. The van der Waals surface area contributed by atoms with Crippen LogP contribution in [0.1, 0.15) is 11.1 Å². The quantitative estimate of drug-likeness (QED) is 0.203. The molecule has 1 N–H and O–H groups in total. The fraction of sp³-hybridized carbons (Fsp3) is 0.0833. The topological polar surface area (TPSA) is 158 Å². The van der Waals surface area contributed by atoms with Crippen LogP contribution in [0.2, 0.25) is 0 Å². The summed E-state index contributed by atoms with van der Waals surface area (Å²) in [5.41, 5.74) is 0.638. The first kappa shape index (κ1) is 24.4. The number of rotatable bonds is 8. The Morgan fingerprint density at radius 3 is 2.34 bits per heavy atom. The number of nitriles is 1. The first-order chi connectivity index (χ1) is 16.7. The number of amides is 1. The Morgan fingerprint density at radius 1 is 1.00 bits per heavy atom. The van der Waals surface area contributed by atoms with Gasteiger partial charge in [-0.3, -0.25) is 25.0 Å². The van der Waals surface area contributed by atoms with Crippen molar-refractivity contribution in [1.29, 1.82) is 5.26 Å². The summed E-state index contributed by atoms with van der Waals surface area (Å²) in [5, 5.41) is 34.5. The van der Waals surface area contributed by atoms with Gasteiger partial charge in [0.25, 0.3) is 11.6 Å². The minimum Gasteiger partial charge on any atom is -0.493 e. The van der Waals surface area contributed by atoms with E-state index in [1.165, 1.54) is 31.4 Å². The highest BCUT2D eigenvalue weighted by molar-refractivity contribution is 6.10. The third-order valence-corrected chi connectivity index (χ3v) is 4.83. The van der Waals surface area contributed by atoms with E-state index in [9.17, 15) is 30.3 Å². The van der Waals surface area contributed by atoms with E-state index in [1.807, 2.05) is 25.1 Å². The zero-order chi connectivity index (χ0) is 25.5. The lowest BCUT2D eigenvalue weighted by Gasteiger charge is -2.11. The molecule has 3 rings (SSSR count). The molecule has 0 radical (unpaired) electrons. The highest BCUT2D eigenvalue weighted by Gasteiger charge is 2.22. The molecule has 0 heterocycles. The smallest absolute Gasteiger partial charge is 0.318 e. The molecule has 3 aromatic rings. The molecule has 3 aromatic carbocycles. The number of aryl methyl sites for hydroxylation is 1. The van der Waals surface area contributed by atoms with Gasteiger partial charge in [-0.15, -0.1) is 0 Å². The molecule has 1 amide bonds. The summed E-state index contributed by atoms with van der Waals surface area (Å²) in [7, 11) is 1.34. The van der Waals surface area contributed by atoms with E-state index in [0.29, 0.717) is 11.3 Å². The molecular weight excluding hydrogens is 456 g/mol. The number of nitro benzene ring substituents is 2. The molecule has 11 nitrogen and oxygen atoms in total. The Labute approximate surface area is 199 Å². The Balaban J connectivity index is 1.89. The van der Waals surface area contributed by atoms with E-state index in [4.69, 9.17) is 9.47 Å². The number of benzene rings is 3. The number of non-ortho nitro benzene ring substituents is 1. The van der Waals surface area contributed by atoms with Crippen molar-refractivity contribution in [3.8, 4) is 23.3 Å². The summed E-state index contributed by atoms with van der Waals surface area (Å²) in [4.78, 5) is 33.3. The van der Waals surface area contributed by atoms with Gasteiger partial charge < -0.3 is 14.8 Å². The van der Waals surface area contributed by atoms with Gasteiger partial charge in [0.15, 0.2) is 11.5 Å². The number of methoxy groups -OCH3 is 1. The molecule has 35 heavy (non-hydrogen) atoms. The van der Waals surface area contributed by atoms with Crippen LogP contribution in [0.25, 0.3) is 6.08 Å². The molecule has 176 valence electrons. The summed E-state index contributed by atoms with van der Waals surface area (Å²) in [6.45, 7) is 1.82. The van der Waals surface area contributed by atoms with Crippen LogP contribution in [0.5, 0.6) is 17.2 Å². The number of para-hydroxylation sites is 1. The fourth-order valence-electron chi connectivity index (χ4n) is 3.04. The average Bonchev–Trinajstić information content (AvgIpc) is 2.84. The lowest BCUT2D eigenvalue weighted by atomic mass is 10.1. The van der Waals surface area contributed by atoms with Gasteiger partial charge in [0.05, 0.1) is 23.0 Å². The second-order valence-electron chi connectivity index (χ2n) is 7.12. The Morgan fingerprint density at radius 2 is 1.71 bits per heavy atom. The molecule has 0 aliphatic heterocycles. The molecule has 0 aromatic heterocycles. The van der Waals surface area contributed by atoms with Gasteiger partial charge in [-0.2, -0.15) is 5.26 Å². The molecule has 0 saturated carbocycles. The number of nitro groups is 2. The third-order valence-electron chi connectivity index (χ3n) is 4.83. The number of carbonyl (C=O) groups excluding carboxylic acids is 1. The number of hydrogen-bond donors (Lipinski definition) is 1. The molecule has 0 spiro atoms. The average molecular weight is 474 g/mol. The summed E-state index contributed by atoms with van der Waals surface area (Å²) < 4.78 is 10.9. The van der Waals surface area contributed by atoms with Crippen molar-refractivity contribution in [3.63, 3.8) is 0 Å². The van der Waals surface area contributed by atoms with E-state index in [-0.39, 0.29) is 22.8 Å². The van der Waals surface area contributed by atoms with Crippen molar-refractivity contribution in [3.05, 3.63) is 97.6 Å². The van der Waals surface area contributed by atoms with Crippen molar-refractivity contribution in [1.82, 2.24) is 0 Å². The maximum Gasteiger partial charge on any atom is 0.318 e. The van der Waals surface area contributed by atoms with Gasteiger partial charge in [0.1, 0.15) is 11.6 Å². The van der Waals surface area contributed by atoms with Crippen LogP contribution in [0.3, 0.4) is 0 Å². The summed E-state index contributed by atoms with van der Waals surface area (Å²) in [6, 6.07) is 16.4. The molecule has 0 aliphatic carbocycles. The number of hydrogen-bond acceptors (Lipinski definition) is 8. The predicted molar refractivity (Wildman–Crippen MR) is 126 cm³/mol. The number of carbonyl (C=O) groups is 1. The van der Waals surface area contributed by atoms with E-state index in [1.54, 1.807) is 12.1 Å². The summed E-state index contributed by atoms with van der Waals surface area (Å²) >= 11 is 0. The monoisotopic (exact) mass is 474 g/mol. The van der Waals surface area contributed by atoms with E-state index in [2.05, 4.69) is 5.32 Å². The molecular formula is C24H18N4O7. The maximum atomic E-state index is 12.6. The number of anilines is 1. The van der Waals surface area contributed by atoms with E-state index in [0.717, 1.165) is 23.8 Å². The highest BCUT2D eigenvalue weighted by Crippen LogP contribution is 2.38. The zero-order valence-electron chi connectivity index (χ0n) is 18.6. The van der Waals surface area contributed by atoms with E-state index < -0.39 is 27.1 Å². The zero-order valence-corrected chi connectivity index (χ0v) is 18.6. The Kier molecular flexibility index (Phi) is 7.38. The first-order valence-corrected chi connectivity index (χ1v) is 10.0. The third kappa shape index (κ3) is 5.77. The SMILES string of the molecule is COc1cc(/C=C(/C#N)C(=O)Nc2ccccc2C)ccc1Oc1ccc([N+](=O)[O-])cc1[N+](=O)[O-]. The predicted octanol–water partition coefficient (Wildman–Crippen LogP) is 5.16. The van der Waals surface area contributed by atoms with Gasteiger partial charge in [0, 0.05) is 11.8 Å². The molecule has 0 atom stereocenters. The van der Waals surface area contributed by atoms with Crippen LogP contribution in [-0.4, -0.2) is 22.9 Å². The van der Waals surface area contributed by atoms with Crippen LogP contribution in [0.4, 0.5) is 17.1 Å². The van der Waals surface area contributed by atoms with Crippen molar-refractivity contribution >= 4 is 29.0 Å². The van der Waals surface area contributed by atoms with Gasteiger partial charge in [-0.05, 0) is 48.4 Å². The normalized spacial score (nSPS) is 10.7. The number of nitrogens with zero attached hydrogens (tertiary/aromatic N) is 3. The summed E-state index contributed by atoms with van der Waals surface area (Å²) in [5.74, 6) is -0.576. The van der Waals surface area contributed by atoms with Crippen LogP contribution in [0.15, 0.2) is 66.2 Å². The minimum absolute atomic E-state index is 0.0875. The second-order valence-corrected chi connectivity index (χ2v) is 7.12. The minimum atomic E-state index is -0.793. The molecule has 0 saturated heterocycles. The Bertz CT molecular complexity index is 1390. The molecule has 0 unspecified atom stereocenters. The molecule has 0 aliphatic rings. The van der Waals surface area contributed by atoms with E-state index >= 15 is 0 Å². The highest BCUT2D eigenvalue weighted by atomic mass is 16.6. The second kappa shape index (κ2) is 10.6. The lowest BCUT2D eigenvalue weighted by molar-refractivity contribution is -0.394. The van der Waals surface area contributed by atoms with Gasteiger partial charge in [-0.1, -0.05) is 24.3 Å². The van der Waals surface area contributed by atoms with Crippen LogP contribution >= 0.6 is 0 Å². The van der Waals surface area contributed by atoms with Crippen molar-refractivity contribution in [2.45, 2.75) is 6.92 Å². The van der Waals surface area contributed by atoms with Gasteiger partial charge >= 0.3 is 5.69 Å². The molecule has 11 heteroatoms. The largest absolute Gasteiger partial charge is 0.493 e. The maximum absolute atomic E-state index is 12.6. The van der Waals surface area contributed by atoms with Gasteiger partial charge in [0.2, 0.25) is 5.75 Å². The van der Waals surface area contributed by atoms with Crippen molar-refractivity contribution in [2.24, 2.45) is 0 Å². The standard InChI is InChI=1S/C24H18N4O7/c1-15-5-3-4-6-19(15)26-24(29)17(14-25)11-16-7-9-22(23(12-16)34-2)35-21-10-8-18(27(30)31)13-20(21)28(32)33/h3-13H,1-2H3,(H,26,29)/b17-11-. The molecule has 0 bridgehead atoms. The Hall–Kier alpha value is -5.24. The number of nitrogens with one attached hydrogen (secondary N) is 1. The van der Waals surface area contributed by atoms with Crippen molar-refractivity contribution in [2.75, 3.05) is 12.4 Å². The fourth-order valence-corrected chi connectivity index (χ4v) is 3.04. The van der Waals surface area contributed by atoms with Crippen LogP contribution < -0.4 is 14.8 Å². The molecule has 0 fully saturated rings. The number of ether oxygens (including phenoxy) is 2.